The van der Waals surface area contributed by atoms with Gasteiger partial charge in [0.25, 0.3) is 17.4 Å². The highest BCUT2D eigenvalue weighted by Gasteiger charge is 2.48. The maximum Gasteiger partial charge on any atom is 0.300 e. The van der Waals surface area contributed by atoms with E-state index in [1.165, 1.54) is 29.2 Å². The second-order valence-corrected chi connectivity index (χ2v) is 7.44. The highest BCUT2D eigenvalue weighted by atomic mass is 16.6. The van der Waals surface area contributed by atoms with E-state index in [1.807, 2.05) is 19.1 Å². The molecule has 1 fully saturated rings. The third kappa shape index (κ3) is 3.56. The molecule has 0 bridgehead atoms. The van der Waals surface area contributed by atoms with Crippen LogP contribution in [0.1, 0.15) is 35.6 Å². The number of anilines is 1. The number of nitro benzene ring substituents is 1. The Hall–Kier alpha value is -4.20. The van der Waals surface area contributed by atoms with Crippen molar-refractivity contribution < 1.29 is 24.0 Å². The van der Waals surface area contributed by atoms with E-state index in [2.05, 4.69) is 0 Å². The van der Waals surface area contributed by atoms with Gasteiger partial charge in [0.2, 0.25) is 0 Å². The monoisotopic (exact) mass is 432 g/mol. The third-order valence-electron chi connectivity index (χ3n) is 5.45. The second kappa shape index (κ2) is 8.14. The van der Waals surface area contributed by atoms with Gasteiger partial charge >= 0.3 is 0 Å². The standard InChI is InChI=1S/C24H20N2O6/c1-3-15-5-9-17(10-6-15)25-21(19-13-4-14(2)32-19)20(23(28)24(25)29)22(27)16-7-11-18(12-8-16)26(30)31/h4-13,21,27H,3H2,1-2H3/b22-20-. The normalized spacial score (nSPS) is 17.7. The predicted molar refractivity (Wildman–Crippen MR) is 117 cm³/mol. The first-order valence-electron chi connectivity index (χ1n) is 10.0. The van der Waals surface area contributed by atoms with Crippen molar-refractivity contribution in [1.29, 1.82) is 0 Å². The lowest BCUT2D eigenvalue weighted by Gasteiger charge is -2.23. The first-order chi connectivity index (χ1) is 15.3. The zero-order chi connectivity index (χ0) is 23.0. The minimum Gasteiger partial charge on any atom is -0.507 e. The zero-order valence-electron chi connectivity index (χ0n) is 17.4. The van der Waals surface area contributed by atoms with Crippen molar-refractivity contribution in [3.05, 3.63) is 99.0 Å². The fraction of sp³-hybridized carbons (Fsp3) is 0.167. The van der Waals surface area contributed by atoms with Crippen LogP contribution < -0.4 is 4.90 Å². The molecule has 1 saturated heterocycles. The van der Waals surface area contributed by atoms with Crippen molar-refractivity contribution in [2.24, 2.45) is 0 Å². The SMILES string of the molecule is CCc1ccc(N2C(=O)C(=O)/C(=C(\O)c3ccc([N+](=O)[O-])cc3)C2c2ccc(C)o2)cc1. The average Bonchev–Trinajstić information content (AvgIpc) is 3.34. The summed E-state index contributed by atoms with van der Waals surface area (Å²) in [5.74, 6) is -1.17. The summed E-state index contributed by atoms with van der Waals surface area (Å²) in [5, 5.41) is 21.9. The van der Waals surface area contributed by atoms with Gasteiger partial charge in [-0.15, -0.1) is 0 Å². The molecule has 0 aliphatic carbocycles. The Balaban J connectivity index is 1.88. The number of aryl methyl sites for hydroxylation is 2. The van der Waals surface area contributed by atoms with Crippen LogP contribution in [0.3, 0.4) is 0 Å². The van der Waals surface area contributed by atoms with Gasteiger partial charge < -0.3 is 9.52 Å². The lowest BCUT2D eigenvalue weighted by atomic mass is 9.99. The molecule has 8 heteroatoms. The maximum atomic E-state index is 13.0. The molecule has 1 unspecified atom stereocenters. The number of benzene rings is 2. The average molecular weight is 432 g/mol. The number of hydrogen-bond acceptors (Lipinski definition) is 6. The van der Waals surface area contributed by atoms with Gasteiger partial charge in [-0.3, -0.25) is 24.6 Å². The Morgan fingerprint density at radius 2 is 1.72 bits per heavy atom. The minimum absolute atomic E-state index is 0.141. The van der Waals surface area contributed by atoms with E-state index in [1.54, 1.807) is 31.2 Å². The van der Waals surface area contributed by atoms with Crippen LogP contribution >= 0.6 is 0 Å². The van der Waals surface area contributed by atoms with Crippen LogP contribution in [0.15, 0.2) is 70.7 Å². The molecule has 1 aliphatic rings. The van der Waals surface area contributed by atoms with E-state index in [-0.39, 0.29) is 16.8 Å². The molecule has 1 aromatic heterocycles. The van der Waals surface area contributed by atoms with Crippen LogP contribution in [-0.2, 0) is 16.0 Å². The number of aliphatic hydroxyl groups excluding tert-OH is 1. The Morgan fingerprint density at radius 1 is 1.06 bits per heavy atom. The molecule has 162 valence electrons. The Bertz CT molecular complexity index is 1240. The van der Waals surface area contributed by atoms with Crippen molar-refractivity contribution in [1.82, 2.24) is 0 Å². The molecule has 1 amide bonds. The summed E-state index contributed by atoms with van der Waals surface area (Å²) in [5.41, 5.74) is 1.45. The van der Waals surface area contributed by atoms with Gasteiger partial charge in [0.05, 0.1) is 10.5 Å². The lowest BCUT2D eigenvalue weighted by Crippen LogP contribution is -2.29. The number of rotatable bonds is 5. The van der Waals surface area contributed by atoms with Gasteiger partial charge in [-0.2, -0.15) is 0 Å². The molecule has 0 spiro atoms. The summed E-state index contributed by atoms with van der Waals surface area (Å²) >= 11 is 0. The number of nitrogens with zero attached hydrogens (tertiary/aromatic N) is 2. The molecule has 2 aromatic carbocycles. The van der Waals surface area contributed by atoms with Gasteiger partial charge in [0.15, 0.2) is 0 Å². The minimum atomic E-state index is -0.980. The largest absolute Gasteiger partial charge is 0.507 e. The first kappa shape index (κ1) is 21.0. The molecule has 2 heterocycles. The summed E-state index contributed by atoms with van der Waals surface area (Å²) in [6.45, 7) is 3.75. The summed E-state index contributed by atoms with van der Waals surface area (Å²) < 4.78 is 5.75. The van der Waals surface area contributed by atoms with E-state index < -0.39 is 28.4 Å². The van der Waals surface area contributed by atoms with Crippen LogP contribution in [0.4, 0.5) is 11.4 Å². The Kier molecular flexibility index (Phi) is 5.36. The Morgan fingerprint density at radius 3 is 2.25 bits per heavy atom. The number of Topliss-reactive ketones (excluding diaryl/α,β-unsaturated/α-hetero) is 1. The lowest BCUT2D eigenvalue weighted by molar-refractivity contribution is -0.384. The molecule has 4 rings (SSSR count). The zero-order valence-corrected chi connectivity index (χ0v) is 17.4. The van der Waals surface area contributed by atoms with Crippen molar-refractivity contribution in [2.75, 3.05) is 4.90 Å². The number of furan rings is 1. The number of hydrogen-bond donors (Lipinski definition) is 1. The molecule has 3 aromatic rings. The number of non-ortho nitro benzene ring substituents is 1. The van der Waals surface area contributed by atoms with Crippen LogP contribution in [0.5, 0.6) is 0 Å². The summed E-state index contributed by atoms with van der Waals surface area (Å²) in [6, 6.07) is 14.7. The number of ketones is 1. The van der Waals surface area contributed by atoms with E-state index in [4.69, 9.17) is 4.42 Å². The number of aliphatic hydroxyl groups is 1. The quantitative estimate of drug-likeness (QED) is 0.206. The van der Waals surface area contributed by atoms with Gasteiger partial charge in [0.1, 0.15) is 23.3 Å². The van der Waals surface area contributed by atoms with Gasteiger partial charge in [-0.25, -0.2) is 0 Å². The van der Waals surface area contributed by atoms with Gasteiger partial charge in [-0.1, -0.05) is 19.1 Å². The topological polar surface area (TPSA) is 114 Å². The third-order valence-corrected chi connectivity index (χ3v) is 5.45. The summed E-state index contributed by atoms with van der Waals surface area (Å²) in [7, 11) is 0. The Labute approximate surface area is 183 Å². The summed E-state index contributed by atoms with van der Waals surface area (Å²) in [6.07, 6.45) is 0.819. The molecule has 1 N–H and O–H groups in total. The van der Waals surface area contributed by atoms with Crippen LogP contribution in [-0.4, -0.2) is 21.7 Å². The number of carbonyl (C=O) groups excluding carboxylic acids is 2. The summed E-state index contributed by atoms with van der Waals surface area (Å²) in [4.78, 5) is 37.7. The molecule has 8 nitrogen and oxygen atoms in total. The van der Waals surface area contributed by atoms with Crippen LogP contribution in [0.2, 0.25) is 0 Å². The van der Waals surface area contributed by atoms with E-state index in [0.29, 0.717) is 17.2 Å². The number of nitro groups is 1. The number of amides is 1. The van der Waals surface area contributed by atoms with Gasteiger partial charge in [0, 0.05) is 23.4 Å². The smallest absolute Gasteiger partial charge is 0.300 e. The molecule has 32 heavy (non-hydrogen) atoms. The van der Waals surface area contributed by atoms with Crippen LogP contribution in [0, 0.1) is 17.0 Å². The fourth-order valence-corrected chi connectivity index (χ4v) is 3.76. The molecular formula is C24H20N2O6. The van der Waals surface area contributed by atoms with Crippen LogP contribution in [0.25, 0.3) is 5.76 Å². The van der Waals surface area contributed by atoms with E-state index in [9.17, 15) is 24.8 Å². The van der Waals surface area contributed by atoms with E-state index >= 15 is 0 Å². The second-order valence-electron chi connectivity index (χ2n) is 7.44. The number of carbonyl (C=O) groups is 2. The highest BCUT2D eigenvalue weighted by Crippen LogP contribution is 2.42. The highest BCUT2D eigenvalue weighted by molar-refractivity contribution is 6.51. The molecule has 1 atom stereocenters. The molecular weight excluding hydrogens is 412 g/mol. The van der Waals surface area contributed by atoms with Gasteiger partial charge in [-0.05, 0) is 55.3 Å². The molecule has 0 radical (unpaired) electrons. The van der Waals surface area contributed by atoms with Crippen molar-refractivity contribution in [3.63, 3.8) is 0 Å². The van der Waals surface area contributed by atoms with Crippen molar-refractivity contribution >= 4 is 28.8 Å². The van der Waals surface area contributed by atoms with E-state index in [0.717, 1.165) is 12.0 Å². The predicted octanol–water partition coefficient (Wildman–Crippen LogP) is 4.68. The first-order valence-corrected chi connectivity index (χ1v) is 10.0. The molecule has 0 saturated carbocycles. The molecule has 1 aliphatic heterocycles. The fourth-order valence-electron chi connectivity index (χ4n) is 3.76. The van der Waals surface area contributed by atoms with Crippen molar-refractivity contribution in [2.45, 2.75) is 26.3 Å². The maximum absolute atomic E-state index is 13.0. The van der Waals surface area contributed by atoms with Crippen molar-refractivity contribution in [3.8, 4) is 0 Å².